The van der Waals surface area contributed by atoms with E-state index >= 15 is 0 Å². The molecule has 0 heterocycles. The molecule has 1 aliphatic carbocycles. The monoisotopic (exact) mass is 292 g/mol. The van der Waals surface area contributed by atoms with Crippen molar-refractivity contribution in [1.82, 2.24) is 10.2 Å². The summed E-state index contributed by atoms with van der Waals surface area (Å²) >= 11 is 0. The van der Waals surface area contributed by atoms with Crippen LogP contribution in [0.4, 0.5) is 4.79 Å². The van der Waals surface area contributed by atoms with Gasteiger partial charge >= 0.3 is 12.0 Å². The van der Waals surface area contributed by atoms with Gasteiger partial charge in [-0.25, -0.2) is 9.59 Å². The number of benzene rings is 1. The highest BCUT2D eigenvalue weighted by atomic mass is 16.4. The molecule has 1 saturated carbocycles. The second-order valence-electron chi connectivity index (χ2n) is 5.17. The Balaban J connectivity index is 1.92. The van der Waals surface area contributed by atoms with E-state index in [0.717, 1.165) is 24.8 Å². The first-order valence-electron chi connectivity index (χ1n) is 7.09. The molecule has 1 aromatic carbocycles. The smallest absolute Gasteiger partial charge is 0.335 e. The normalized spacial score (nSPS) is 14.3. The van der Waals surface area contributed by atoms with Gasteiger partial charge in [0.25, 0.3) is 0 Å². The summed E-state index contributed by atoms with van der Waals surface area (Å²) in [6.07, 6.45) is 3.06. The Morgan fingerprint density at radius 3 is 2.67 bits per heavy atom. The number of hydrogen-bond acceptors (Lipinski definition) is 3. The minimum atomic E-state index is -0.987. The van der Waals surface area contributed by atoms with E-state index in [4.69, 9.17) is 10.2 Å². The van der Waals surface area contributed by atoms with Crippen LogP contribution in [0.15, 0.2) is 24.3 Å². The molecule has 0 atom stereocenters. The number of urea groups is 1. The van der Waals surface area contributed by atoms with Gasteiger partial charge in [0, 0.05) is 19.1 Å². The topological polar surface area (TPSA) is 89.9 Å². The Labute approximate surface area is 123 Å². The first-order chi connectivity index (χ1) is 10.1. The summed E-state index contributed by atoms with van der Waals surface area (Å²) in [6, 6.07) is 6.48. The molecule has 1 aromatic rings. The molecule has 0 spiro atoms. The third kappa shape index (κ3) is 3.95. The molecule has 114 valence electrons. The lowest BCUT2D eigenvalue weighted by molar-refractivity contribution is 0.0696. The van der Waals surface area contributed by atoms with Crippen LogP contribution in [-0.2, 0) is 6.54 Å². The van der Waals surface area contributed by atoms with Crippen molar-refractivity contribution in [3.05, 3.63) is 35.4 Å². The van der Waals surface area contributed by atoms with Crippen molar-refractivity contribution >= 4 is 12.0 Å². The SMILES string of the molecule is O=C(O)c1cccc(CNC(=O)N(CCO)C2CCC2)c1. The summed E-state index contributed by atoms with van der Waals surface area (Å²) < 4.78 is 0. The highest BCUT2D eigenvalue weighted by Gasteiger charge is 2.28. The number of amides is 2. The molecular formula is C15H20N2O4. The Morgan fingerprint density at radius 1 is 1.33 bits per heavy atom. The molecule has 0 radical (unpaired) electrons. The molecule has 0 aliphatic heterocycles. The molecule has 2 rings (SSSR count). The molecule has 0 aromatic heterocycles. The van der Waals surface area contributed by atoms with Crippen molar-refractivity contribution in [2.45, 2.75) is 31.8 Å². The molecule has 2 amide bonds. The number of aliphatic hydroxyl groups is 1. The van der Waals surface area contributed by atoms with Gasteiger partial charge in [-0.15, -0.1) is 0 Å². The summed E-state index contributed by atoms with van der Waals surface area (Å²) in [6.45, 7) is 0.540. The van der Waals surface area contributed by atoms with Gasteiger partial charge in [-0.3, -0.25) is 0 Å². The zero-order valence-electron chi connectivity index (χ0n) is 11.8. The van der Waals surface area contributed by atoms with E-state index in [1.807, 2.05) is 0 Å². The van der Waals surface area contributed by atoms with Gasteiger partial charge < -0.3 is 20.4 Å². The molecule has 1 aliphatic rings. The number of hydrogen-bond donors (Lipinski definition) is 3. The molecule has 0 bridgehead atoms. The average Bonchev–Trinajstić information content (AvgIpc) is 2.42. The molecular weight excluding hydrogens is 272 g/mol. The second-order valence-corrected chi connectivity index (χ2v) is 5.17. The number of aromatic carboxylic acids is 1. The Bertz CT molecular complexity index is 514. The zero-order chi connectivity index (χ0) is 15.2. The van der Waals surface area contributed by atoms with Gasteiger partial charge in [0.05, 0.1) is 12.2 Å². The Kier molecular flexibility index (Phi) is 5.16. The highest BCUT2D eigenvalue weighted by Crippen LogP contribution is 2.24. The van der Waals surface area contributed by atoms with Crippen LogP contribution in [0.3, 0.4) is 0 Å². The van der Waals surface area contributed by atoms with Crippen LogP contribution in [0, 0.1) is 0 Å². The number of nitrogens with one attached hydrogen (secondary N) is 1. The fraction of sp³-hybridized carbons (Fsp3) is 0.467. The minimum Gasteiger partial charge on any atom is -0.478 e. The summed E-state index contributed by atoms with van der Waals surface area (Å²) in [5.41, 5.74) is 0.939. The molecule has 6 nitrogen and oxygen atoms in total. The van der Waals surface area contributed by atoms with Gasteiger partial charge in [-0.05, 0) is 37.0 Å². The number of carbonyl (C=O) groups excluding carboxylic acids is 1. The van der Waals surface area contributed by atoms with Crippen LogP contribution >= 0.6 is 0 Å². The first-order valence-corrected chi connectivity index (χ1v) is 7.09. The van der Waals surface area contributed by atoms with Crippen molar-refractivity contribution in [2.75, 3.05) is 13.2 Å². The number of carboxylic acids is 1. The quantitative estimate of drug-likeness (QED) is 0.740. The average molecular weight is 292 g/mol. The molecule has 0 unspecified atom stereocenters. The molecule has 6 heteroatoms. The predicted molar refractivity (Wildman–Crippen MR) is 77.1 cm³/mol. The second kappa shape index (κ2) is 7.08. The van der Waals surface area contributed by atoms with Crippen LogP contribution in [0.5, 0.6) is 0 Å². The Hall–Kier alpha value is -2.08. The van der Waals surface area contributed by atoms with E-state index in [0.29, 0.717) is 6.54 Å². The number of nitrogens with zero attached hydrogens (tertiary/aromatic N) is 1. The number of aliphatic hydroxyl groups excluding tert-OH is 1. The summed E-state index contributed by atoms with van der Waals surface area (Å²) in [7, 11) is 0. The highest BCUT2D eigenvalue weighted by molar-refractivity contribution is 5.87. The lowest BCUT2D eigenvalue weighted by Crippen LogP contribution is -2.49. The van der Waals surface area contributed by atoms with Crippen molar-refractivity contribution < 1.29 is 19.8 Å². The van der Waals surface area contributed by atoms with Gasteiger partial charge in [0.1, 0.15) is 0 Å². The van der Waals surface area contributed by atoms with Gasteiger partial charge in [-0.2, -0.15) is 0 Å². The van der Waals surface area contributed by atoms with Crippen LogP contribution < -0.4 is 5.32 Å². The first kappa shape index (κ1) is 15.3. The third-order valence-corrected chi connectivity index (χ3v) is 3.73. The summed E-state index contributed by atoms with van der Waals surface area (Å²) in [5, 5.41) is 20.8. The van der Waals surface area contributed by atoms with E-state index in [1.165, 1.54) is 6.07 Å². The lowest BCUT2D eigenvalue weighted by Gasteiger charge is -2.37. The van der Waals surface area contributed by atoms with E-state index in [-0.39, 0.29) is 30.8 Å². The van der Waals surface area contributed by atoms with Crippen molar-refractivity contribution in [2.24, 2.45) is 0 Å². The molecule has 1 fully saturated rings. The van der Waals surface area contributed by atoms with Crippen molar-refractivity contribution in [1.29, 1.82) is 0 Å². The Morgan fingerprint density at radius 2 is 2.10 bits per heavy atom. The van der Waals surface area contributed by atoms with Crippen molar-refractivity contribution in [3.8, 4) is 0 Å². The number of carbonyl (C=O) groups is 2. The maximum Gasteiger partial charge on any atom is 0.335 e. The number of rotatable bonds is 6. The van der Waals surface area contributed by atoms with Crippen LogP contribution in [0.2, 0.25) is 0 Å². The van der Waals surface area contributed by atoms with E-state index in [2.05, 4.69) is 5.32 Å². The summed E-state index contributed by atoms with van der Waals surface area (Å²) in [4.78, 5) is 24.7. The number of carboxylic acid groups (broad SMARTS) is 1. The van der Waals surface area contributed by atoms with E-state index in [9.17, 15) is 9.59 Å². The van der Waals surface area contributed by atoms with Gasteiger partial charge in [0.15, 0.2) is 0 Å². The minimum absolute atomic E-state index is 0.0571. The maximum atomic E-state index is 12.1. The molecule has 0 saturated heterocycles. The molecule has 3 N–H and O–H groups in total. The third-order valence-electron chi connectivity index (χ3n) is 3.73. The molecule has 21 heavy (non-hydrogen) atoms. The fourth-order valence-corrected chi connectivity index (χ4v) is 2.35. The summed E-state index contributed by atoms with van der Waals surface area (Å²) in [5.74, 6) is -0.987. The van der Waals surface area contributed by atoms with Crippen LogP contribution in [0.1, 0.15) is 35.2 Å². The van der Waals surface area contributed by atoms with Gasteiger partial charge in [0.2, 0.25) is 0 Å². The fourth-order valence-electron chi connectivity index (χ4n) is 2.35. The van der Waals surface area contributed by atoms with Crippen molar-refractivity contribution in [3.63, 3.8) is 0 Å². The predicted octanol–water partition coefficient (Wildman–Crippen LogP) is 1.44. The van der Waals surface area contributed by atoms with E-state index in [1.54, 1.807) is 23.1 Å². The zero-order valence-corrected chi connectivity index (χ0v) is 11.8. The van der Waals surface area contributed by atoms with Crippen LogP contribution in [0.25, 0.3) is 0 Å². The van der Waals surface area contributed by atoms with Gasteiger partial charge in [-0.1, -0.05) is 12.1 Å². The maximum absolute atomic E-state index is 12.1. The standard InChI is InChI=1S/C15H20N2O4/c18-8-7-17(13-5-2-6-13)15(21)16-10-11-3-1-4-12(9-11)14(19)20/h1,3-4,9,13,18H,2,5-8,10H2,(H,16,21)(H,19,20). The van der Waals surface area contributed by atoms with Crippen LogP contribution in [-0.4, -0.2) is 46.3 Å². The van der Waals surface area contributed by atoms with E-state index < -0.39 is 5.97 Å². The largest absolute Gasteiger partial charge is 0.478 e. The lowest BCUT2D eigenvalue weighted by atomic mass is 9.92.